The zero-order valence-electron chi connectivity index (χ0n) is 11.8. The first kappa shape index (κ1) is 14.8. The van der Waals surface area contributed by atoms with Crippen molar-refractivity contribution in [2.24, 2.45) is 0 Å². The molecular formula is C15H11Cl2N3O2. The van der Waals surface area contributed by atoms with Gasteiger partial charge in [-0.25, -0.2) is 9.97 Å². The predicted molar refractivity (Wildman–Crippen MR) is 86.5 cm³/mol. The topological polar surface area (TPSA) is 57.0 Å². The highest BCUT2D eigenvalue weighted by Gasteiger charge is 2.17. The number of aryl methyl sites for hydroxylation is 1. The van der Waals surface area contributed by atoms with Crippen molar-refractivity contribution in [1.29, 1.82) is 0 Å². The van der Waals surface area contributed by atoms with Crippen LogP contribution >= 0.6 is 23.2 Å². The maximum atomic E-state index is 12.7. The quantitative estimate of drug-likeness (QED) is 0.721. The molecule has 0 aliphatic carbocycles. The average Bonchev–Trinajstić information content (AvgIpc) is 2.48. The molecule has 0 unspecified atom stereocenters. The molecule has 0 N–H and O–H groups in total. The normalized spacial score (nSPS) is 10.9. The van der Waals surface area contributed by atoms with Gasteiger partial charge in [0.25, 0.3) is 5.56 Å². The van der Waals surface area contributed by atoms with Gasteiger partial charge in [0.15, 0.2) is 5.65 Å². The summed E-state index contributed by atoms with van der Waals surface area (Å²) in [6, 6.07) is 6.74. The molecule has 0 radical (unpaired) electrons. The van der Waals surface area contributed by atoms with Gasteiger partial charge in [0.05, 0.1) is 15.6 Å². The van der Waals surface area contributed by atoms with Crippen molar-refractivity contribution in [3.05, 3.63) is 56.7 Å². The largest absolute Gasteiger partial charge is 0.412 e. The Morgan fingerprint density at radius 3 is 2.55 bits per heavy atom. The fourth-order valence-corrected chi connectivity index (χ4v) is 2.86. The summed E-state index contributed by atoms with van der Waals surface area (Å²) >= 11 is 12.4. The SMILES string of the molecule is COn1c(=O)c(-c2c(Cl)cccc2Cl)cc2cnc(C)nc21. The smallest absolute Gasteiger partial charge is 0.293 e. The summed E-state index contributed by atoms with van der Waals surface area (Å²) in [5.74, 6) is 0.543. The Labute approximate surface area is 136 Å². The summed E-state index contributed by atoms with van der Waals surface area (Å²) in [5, 5.41) is 1.43. The number of pyridine rings is 1. The summed E-state index contributed by atoms with van der Waals surface area (Å²) in [6.45, 7) is 1.74. The van der Waals surface area contributed by atoms with E-state index in [4.69, 9.17) is 28.0 Å². The van der Waals surface area contributed by atoms with E-state index in [1.54, 1.807) is 37.4 Å². The first-order valence-electron chi connectivity index (χ1n) is 6.41. The molecule has 3 aromatic rings. The Kier molecular flexibility index (Phi) is 3.76. The van der Waals surface area contributed by atoms with Gasteiger partial charge >= 0.3 is 0 Å². The van der Waals surface area contributed by atoms with Gasteiger partial charge in [-0.15, -0.1) is 4.73 Å². The van der Waals surface area contributed by atoms with Crippen molar-refractivity contribution < 1.29 is 4.84 Å². The highest BCUT2D eigenvalue weighted by Crippen LogP contribution is 2.33. The molecule has 0 saturated heterocycles. The highest BCUT2D eigenvalue weighted by molar-refractivity contribution is 6.39. The molecule has 0 atom stereocenters. The first-order chi connectivity index (χ1) is 10.5. The number of halogens is 2. The fraction of sp³-hybridized carbons (Fsp3) is 0.133. The van der Waals surface area contributed by atoms with E-state index in [-0.39, 0.29) is 5.56 Å². The van der Waals surface area contributed by atoms with Crippen LogP contribution in [-0.4, -0.2) is 21.8 Å². The summed E-state index contributed by atoms with van der Waals surface area (Å²) in [7, 11) is 1.40. The van der Waals surface area contributed by atoms with E-state index in [1.165, 1.54) is 7.11 Å². The second kappa shape index (κ2) is 5.59. The second-order valence-electron chi connectivity index (χ2n) is 4.63. The molecular weight excluding hydrogens is 325 g/mol. The monoisotopic (exact) mass is 335 g/mol. The molecule has 0 bridgehead atoms. The van der Waals surface area contributed by atoms with Gasteiger partial charge in [-0.1, -0.05) is 29.3 Å². The van der Waals surface area contributed by atoms with E-state index in [0.717, 1.165) is 4.73 Å². The highest BCUT2D eigenvalue weighted by atomic mass is 35.5. The van der Waals surface area contributed by atoms with Crippen molar-refractivity contribution in [2.75, 3.05) is 7.11 Å². The Morgan fingerprint density at radius 1 is 1.23 bits per heavy atom. The van der Waals surface area contributed by atoms with Gasteiger partial charge < -0.3 is 4.84 Å². The standard InChI is InChI=1S/C15H11Cl2N3O2/c1-8-18-7-9-6-10(13-11(16)4-3-5-12(13)17)15(21)20(22-2)14(9)19-8/h3-7H,1-2H3. The minimum atomic E-state index is -0.386. The maximum absolute atomic E-state index is 12.7. The van der Waals surface area contributed by atoms with Crippen LogP contribution in [0.5, 0.6) is 0 Å². The third-order valence-corrected chi connectivity index (χ3v) is 3.87. The minimum absolute atomic E-state index is 0.331. The maximum Gasteiger partial charge on any atom is 0.293 e. The van der Waals surface area contributed by atoms with Gasteiger partial charge in [-0.2, -0.15) is 0 Å². The van der Waals surface area contributed by atoms with Crippen molar-refractivity contribution >= 4 is 34.2 Å². The Morgan fingerprint density at radius 2 is 1.91 bits per heavy atom. The fourth-order valence-electron chi connectivity index (χ4n) is 2.26. The third-order valence-electron chi connectivity index (χ3n) is 3.24. The summed E-state index contributed by atoms with van der Waals surface area (Å²) < 4.78 is 1.11. The lowest BCUT2D eigenvalue weighted by Crippen LogP contribution is -2.27. The third kappa shape index (κ3) is 2.32. The lowest BCUT2D eigenvalue weighted by molar-refractivity contribution is 0.168. The molecule has 0 amide bonds. The van der Waals surface area contributed by atoms with Crippen LogP contribution in [0.1, 0.15) is 5.82 Å². The molecule has 0 fully saturated rings. The molecule has 3 rings (SSSR count). The van der Waals surface area contributed by atoms with Crippen molar-refractivity contribution in [1.82, 2.24) is 14.7 Å². The Balaban J connectivity index is 2.44. The lowest BCUT2D eigenvalue weighted by Gasteiger charge is -2.12. The van der Waals surface area contributed by atoms with E-state index in [2.05, 4.69) is 9.97 Å². The molecule has 0 aliphatic rings. The Hall–Kier alpha value is -2.11. The predicted octanol–water partition coefficient (Wildman–Crippen LogP) is 3.13. The van der Waals surface area contributed by atoms with Crippen LogP contribution in [0, 0.1) is 6.92 Å². The van der Waals surface area contributed by atoms with Crippen LogP contribution in [0.3, 0.4) is 0 Å². The van der Waals surface area contributed by atoms with E-state index < -0.39 is 0 Å². The van der Waals surface area contributed by atoms with Gasteiger partial charge in [0, 0.05) is 17.1 Å². The zero-order valence-corrected chi connectivity index (χ0v) is 13.3. The number of hydrogen-bond acceptors (Lipinski definition) is 4. The van der Waals surface area contributed by atoms with Gasteiger partial charge in [-0.3, -0.25) is 4.79 Å². The van der Waals surface area contributed by atoms with Gasteiger partial charge in [0.2, 0.25) is 0 Å². The molecule has 1 aromatic carbocycles. The van der Waals surface area contributed by atoms with E-state index in [0.29, 0.717) is 38.0 Å². The van der Waals surface area contributed by atoms with Crippen LogP contribution in [0.25, 0.3) is 22.2 Å². The lowest BCUT2D eigenvalue weighted by atomic mass is 10.1. The van der Waals surface area contributed by atoms with Gasteiger partial charge in [-0.05, 0) is 25.1 Å². The first-order valence-corrected chi connectivity index (χ1v) is 7.17. The van der Waals surface area contributed by atoms with Crippen LogP contribution in [-0.2, 0) is 0 Å². The summed E-state index contributed by atoms with van der Waals surface area (Å²) in [5.41, 5.74) is 0.802. The molecule has 0 spiro atoms. The molecule has 0 saturated carbocycles. The second-order valence-corrected chi connectivity index (χ2v) is 5.45. The number of aromatic nitrogens is 3. The summed E-state index contributed by atoms with van der Waals surface area (Å²) in [4.78, 5) is 26.3. The van der Waals surface area contributed by atoms with Crippen molar-refractivity contribution in [3.8, 4) is 11.1 Å². The number of benzene rings is 1. The number of nitrogens with zero attached hydrogens (tertiary/aromatic N) is 3. The van der Waals surface area contributed by atoms with Gasteiger partial charge in [0.1, 0.15) is 12.9 Å². The molecule has 0 aliphatic heterocycles. The number of hydrogen-bond donors (Lipinski definition) is 0. The number of rotatable bonds is 2. The zero-order chi connectivity index (χ0) is 15.9. The van der Waals surface area contributed by atoms with Crippen LogP contribution in [0.15, 0.2) is 35.3 Å². The van der Waals surface area contributed by atoms with Crippen LogP contribution in [0.4, 0.5) is 0 Å². The molecule has 2 aromatic heterocycles. The van der Waals surface area contributed by atoms with Crippen molar-refractivity contribution in [3.63, 3.8) is 0 Å². The molecule has 112 valence electrons. The number of fused-ring (bicyclic) bond motifs is 1. The van der Waals surface area contributed by atoms with E-state index >= 15 is 0 Å². The van der Waals surface area contributed by atoms with Crippen LogP contribution < -0.4 is 10.4 Å². The van der Waals surface area contributed by atoms with E-state index in [9.17, 15) is 4.79 Å². The Bertz CT molecular complexity index is 918. The molecule has 22 heavy (non-hydrogen) atoms. The molecule has 5 nitrogen and oxygen atoms in total. The minimum Gasteiger partial charge on any atom is -0.412 e. The summed E-state index contributed by atoms with van der Waals surface area (Å²) in [6.07, 6.45) is 1.63. The average molecular weight is 336 g/mol. The molecule has 2 heterocycles. The van der Waals surface area contributed by atoms with Crippen molar-refractivity contribution in [2.45, 2.75) is 6.92 Å². The van der Waals surface area contributed by atoms with E-state index in [1.807, 2.05) is 0 Å². The van der Waals surface area contributed by atoms with Crippen LogP contribution in [0.2, 0.25) is 10.0 Å². The molecule has 7 heteroatoms.